The van der Waals surface area contributed by atoms with E-state index in [2.05, 4.69) is 23.2 Å². The maximum absolute atomic E-state index is 4.76. The van der Waals surface area contributed by atoms with Crippen molar-refractivity contribution in [3.05, 3.63) is 29.6 Å². The Hall–Kier alpha value is -1.31. The maximum Gasteiger partial charge on any atom is 0.107 e. The van der Waals surface area contributed by atoms with Gasteiger partial charge in [-0.05, 0) is 48.8 Å². The van der Waals surface area contributed by atoms with Gasteiger partial charge in [-0.25, -0.2) is 4.98 Å². The highest BCUT2D eigenvalue weighted by molar-refractivity contribution is 5.76. The van der Waals surface area contributed by atoms with Gasteiger partial charge in [0.05, 0.1) is 11.0 Å². The lowest BCUT2D eigenvalue weighted by Crippen LogP contribution is -2.07. The van der Waals surface area contributed by atoms with Crippen molar-refractivity contribution >= 4 is 11.0 Å². The van der Waals surface area contributed by atoms with Gasteiger partial charge in [-0.3, -0.25) is 0 Å². The lowest BCUT2D eigenvalue weighted by atomic mass is 9.86. The van der Waals surface area contributed by atoms with Crippen molar-refractivity contribution in [3.63, 3.8) is 0 Å². The zero-order valence-corrected chi connectivity index (χ0v) is 12.2. The molecule has 2 saturated carbocycles. The summed E-state index contributed by atoms with van der Waals surface area (Å²) in [6, 6.07) is 6.79. The fourth-order valence-electron chi connectivity index (χ4n) is 3.69. The largest absolute Gasteiger partial charge is 0.342 e. The standard InChI is InChI=1S/C18H24N2/c1-2-4-13(5-3-1)6-11-18-19-16-10-9-15(14-7-8-14)12-17(16)20-18/h9-10,12-14H,1-8,11H2,(H,19,20). The van der Waals surface area contributed by atoms with Crippen LogP contribution in [0.3, 0.4) is 0 Å². The van der Waals surface area contributed by atoms with Gasteiger partial charge in [0.2, 0.25) is 0 Å². The molecule has 1 heterocycles. The number of fused-ring (bicyclic) bond motifs is 1. The summed E-state index contributed by atoms with van der Waals surface area (Å²) >= 11 is 0. The zero-order chi connectivity index (χ0) is 13.4. The topological polar surface area (TPSA) is 28.7 Å². The van der Waals surface area contributed by atoms with Crippen LogP contribution in [0.25, 0.3) is 11.0 Å². The fraction of sp³-hybridized carbons (Fsp3) is 0.611. The van der Waals surface area contributed by atoms with E-state index in [1.54, 1.807) is 0 Å². The van der Waals surface area contributed by atoms with E-state index in [1.807, 2.05) is 0 Å². The Morgan fingerprint density at radius 1 is 1.05 bits per heavy atom. The van der Waals surface area contributed by atoms with Crippen LogP contribution >= 0.6 is 0 Å². The van der Waals surface area contributed by atoms with E-state index in [1.165, 1.54) is 68.3 Å². The van der Waals surface area contributed by atoms with Gasteiger partial charge < -0.3 is 4.98 Å². The summed E-state index contributed by atoms with van der Waals surface area (Å²) in [5.41, 5.74) is 3.89. The molecular weight excluding hydrogens is 244 g/mol. The summed E-state index contributed by atoms with van der Waals surface area (Å²) in [6.45, 7) is 0. The number of aromatic nitrogens is 2. The molecule has 0 amide bonds. The summed E-state index contributed by atoms with van der Waals surface area (Å²) in [6.07, 6.45) is 12.4. The average Bonchev–Trinajstić information content (AvgIpc) is 3.26. The van der Waals surface area contributed by atoms with Gasteiger partial charge in [0.1, 0.15) is 5.82 Å². The first-order valence-corrected chi connectivity index (χ1v) is 8.37. The van der Waals surface area contributed by atoms with Gasteiger partial charge in [-0.1, -0.05) is 38.2 Å². The summed E-state index contributed by atoms with van der Waals surface area (Å²) < 4.78 is 0. The monoisotopic (exact) mass is 268 g/mol. The van der Waals surface area contributed by atoms with Crippen LogP contribution in [0.2, 0.25) is 0 Å². The van der Waals surface area contributed by atoms with Crippen LogP contribution in [0, 0.1) is 5.92 Å². The van der Waals surface area contributed by atoms with Crippen molar-refractivity contribution in [2.45, 2.75) is 63.7 Å². The minimum atomic E-state index is 0.827. The fourth-order valence-corrected chi connectivity index (χ4v) is 3.69. The first kappa shape index (κ1) is 12.4. The molecule has 2 aliphatic rings. The highest BCUT2D eigenvalue weighted by Crippen LogP contribution is 2.40. The minimum absolute atomic E-state index is 0.827. The Bertz CT molecular complexity index is 588. The Morgan fingerprint density at radius 2 is 1.90 bits per heavy atom. The van der Waals surface area contributed by atoms with Crippen LogP contribution in [0.5, 0.6) is 0 Å². The van der Waals surface area contributed by atoms with Crippen molar-refractivity contribution in [1.82, 2.24) is 9.97 Å². The summed E-state index contributed by atoms with van der Waals surface area (Å²) in [7, 11) is 0. The number of imidazole rings is 1. The number of H-pyrrole nitrogens is 1. The van der Waals surface area contributed by atoms with Crippen LogP contribution < -0.4 is 0 Å². The first-order chi connectivity index (χ1) is 9.88. The molecule has 2 aliphatic carbocycles. The van der Waals surface area contributed by atoms with Crippen LogP contribution in [-0.4, -0.2) is 9.97 Å². The minimum Gasteiger partial charge on any atom is -0.342 e. The van der Waals surface area contributed by atoms with Crippen molar-refractivity contribution in [2.24, 2.45) is 5.92 Å². The number of aromatic amines is 1. The SMILES string of the molecule is c1cc2nc(CCC3CCCCC3)[nH]c2cc1C1CC1. The van der Waals surface area contributed by atoms with E-state index in [4.69, 9.17) is 4.98 Å². The number of hydrogen-bond acceptors (Lipinski definition) is 1. The number of aryl methyl sites for hydroxylation is 1. The van der Waals surface area contributed by atoms with Crippen molar-refractivity contribution in [1.29, 1.82) is 0 Å². The molecule has 2 heteroatoms. The van der Waals surface area contributed by atoms with Crippen LogP contribution in [0.1, 0.15) is 68.7 Å². The normalized spacial score (nSPS) is 20.6. The number of hydrogen-bond donors (Lipinski definition) is 1. The molecule has 0 atom stereocenters. The van der Waals surface area contributed by atoms with Gasteiger partial charge in [0.15, 0.2) is 0 Å². The Kier molecular flexibility index (Phi) is 3.25. The Balaban J connectivity index is 1.46. The van der Waals surface area contributed by atoms with E-state index in [0.29, 0.717) is 0 Å². The van der Waals surface area contributed by atoms with Crippen molar-refractivity contribution < 1.29 is 0 Å². The van der Waals surface area contributed by atoms with E-state index in [-0.39, 0.29) is 0 Å². The quantitative estimate of drug-likeness (QED) is 0.834. The summed E-state index contributed by atoms with van der Waals surface area (Å²) in [4.78, 5) is 8.31. The molecule has 1 aromatic carbocycles. The second-order valence-corrected chi connectivity index (χ2v) is 6.78. The predicted molar refractivity (Wildman–Crippen MR) is 83.0 cm³/mol. The molecule has 4 rings (SSSR count). The molecule has 2 aromatic rings. The van der Waals surface area contributed by atoms with E-state index < -0.39 is 0 Å². The van der Waals surface area contributed by atoms with Crippen molar-refractivity contribution in [3.8, 4) is 0 Å². The van der Waals surface area contributed by atoms with E-state index in [9.17, 15) is 0 Å². The third-order valence-corrected chi connectivity index (χ3v) is 5.12. The molecule has 1 aromatic heterocycles. The molecule has 0 radical (unpaired) electrons. The second kappa shape index (κ2) is 5.23. The molecule has 0 bridgehead atoms. The number of nitrogens with zero attached hydrogens (tertiary/aromatic N) is 1. The highest BCUT2D eigenvalue weighted by Gasteiger charge is 2.23. The smallest absolute Gasteiger partial charge is 0.107 e. The predicted octanol–water partition coefficient (Wildman–Crippen LogP) is 4.95. The lowest BCUT2D eigenvalue weighted by Gasteiger charge is -2.20. The average molecular weight is 268 g/mol. The van der Waals surface area contributed by atoms with E-state index >= 15 is 0 Å². The van der Waals surface area contributed by atoms with Crippen LogP contribution in [-0.2, 0) is 6.42 Å². The summed E-state index contributed by atoms with van der Waals surface area (Å²) in [5.74, 6) is 2.96. The third-order valence-electron chi connectivity index (χ3n) is 5.12. The first-order valence-electron chi connectivity index (χ1n) is 8.37. The second-order valence-electron chi connectivity index (χ2n) is 6.78. The Morgan fingerprint density at radius 3 is 2.70 bits per heavy atom. The van der Waals surface area contributed by atoms with Gasteiger partial charge in [0, 0.05) is 6.42 Å². The maximum atomic E-state index is 4.76. The molecule has 106 valence electrons. The molecule has 0 saturated heterocycles. The van der Waals surface area contributed by atoms with Gasteiger partial charge in [-0.15, -0.1) is 0 Å². The Labute approximate surface area is 121 Å². The molecule has 1 N–H and O–H groups in total. The van der Waals surface area contributed by atoms with Crippen molar-refractivity contribution in [2.75, 3.05) is 0 Å². The molecule has 20 heavy (non-hydrogen) atoms. The number of benzene rings is 1. The molecule has 0 spiro atoms. The summed E-state index contributed by atoms with van der Waals surface area (Å²) in [5, 5.41) is 0. The highest BCUT2D eigenvalue weighted by atomic mass is 14.9. The molecule has 2 fully saturated rings. The third kappa shape index (κ3) is 2.61. The van der Waals surface area contributed by atoms with E-state index in [0.717, 1.165) is 23.8 Å². The van der Waals surface area contributed by atoms with Gasteiger partial charge in [-0.2, -0.15) is 0 Å². The van der Waals surface area contributed by atoms with Crippen LogP contribution in [0.4, 0.5) is 0 Å². The molecule has 0 unspecified atom stereocenters. The van der Waals surface area contributed by atoms with Crippen LogP contribution in [0.15, 0.2) is 18.2 Å². The molecule has 0 aliphatic heterocycles. The lowest BCUT2D eigenvalue weighted by molar-refractivity contribution is 0.337. The molecular formula is C18H24N2. The van der Waals surface area contributed by atoms with Gasteiger partial charge >= 0.3 is 0 Å². The number of rotatable bonds is 4. The van der Waals surface area contributed by atoms with Gasteiger partial charge in [0.25, 0.3) is 0 Å². The zero-order valence-electron chi connectivity index (χ0n) is 12.2. The molecule has 2 nitrogen and oxygen atoms in total. The number of nitrogens with one attached hydrogen (secondary N) is 1.